The molecular formula is C24H35N3O3. The summed E-state index contributed by atoms with van der Waals surface area (Å²) in [7, 11) is 0. The van der Waals surface area contributed by atoms with Gasteiger partial charge in [0.1, 0.15) is 12.4 Å². The van der Waals surface area contributed by atoms with E-state index in [9.17, 15) is 9.59 Å². The largest absolute Gasteiger partial charge is 0.492 e. The first-order valence-electron chi connectivity index (χ1n) is 11.3. The zero-order chi connectivity index (χ0) is 21.2. The predicted molar refractivity (Wildman–Crippen MR) is 118 cm³/mol. The zero-order valence-corrected chi connectivity index (χ0v) is 18.0. The van der Waals surface area contributed by atoms with Gasteiger partial charge in [-0.3, -0.25) is 9.59 Å². The van der Waals surface area contributed by atoms with Crippen molar-refractivity contribution in [3.05, 3.63) is 41.5 Å². The fraction of sp³-hybridized carbons (Fsp3) is 0.583. The van der Waals surface area contributed by atoms with E-state index in [0.29, 0.717) is 25.5 Å². The molecule has 2 amide bonds. The number of ether oxygens (including phenoxy) is 1. The number of carbonyl (C=O) groups is 2. The fourth-order valence-electron chi connectivity index (χ4n) is 3.89. The molecule has 1 aromatic rings. The van der Waals surface area contributed by atoms with E-state index in [2.05, 4.69) is 35.0 Å². The lowest BCUT2D eigenvalue weighted by Gasteiger charge is -2.22. The summed E-state index contributed by atoms with van der Waals surface area (Å²) in [6.07, 6.45) is 8.59. The van der Waals surface area contributed by atoms with Gasteiger partial charge >= 0.3 is 0 Å². The Morgan fingerprint density at radius 2 is 1.93 bits per heavy atom. The van der Waals surface area contributed by atoms with E-state index in [1.54, 1.807) is 0 Å². The highest BCUT2D eigenvalue weighted by molar-refractivity contribution is 5.85. The molecule has 6 heteroatoms. The number of carbonyl (C=O) groups excluding carboxylic acids is 2. The number of aryl methyl sites for hydroxylation is 1. The van der Waals surface area contributed by atoms with Crippen molar-refractivity contribution in [1.82, 2.24) is 16.0 Å². The van der Waals surface area contributed by atoms with Crippen LogP contribution in [0.15, 0.2) is 35.9 Å². The van der Waals surface area contributed by atoms with Gasteiger partial charge in [0.15, 0.2) is 0 Å². The maximum absolute atomic E-state index is 12.5. The molecule has 1 aliphatic heterocycles. The van der Waals surface area contributed by atoms with Gasteiger partial charge in [0.25, 0.3) is 0 Å². The predicted octanol–water partition coefficient (Wildman–Crippen LogP) is 2.73. The Balaban J connectivity index is 1.72. The molecule has 0 spiro atoms. The minimum absolute atomic E-state index is 0.0289. The van der Waals surface area contributed by atoms with Crippen LogP contribution in [-0.4, -0.2) is 44.1 Å². The summed E-state index contributed by atoms with van der Waals surface area (Å²) in [6, 6.07) is 8.30. The third-order valence-electron chi connectivity index (χ3n) is 5.64. The van der Waals surface area contributed by atoms with Crippen LogP contribution in [0.3, 0.4) is 0 Å². The summed E-state index contributed by atoms with van der Waals surface area (Å²) < 4.78 is 6.07. The lowest BCUT2D eigenvalue weighted by molar-refractivity contribution is -0.125. The molecule has 6 nitrogen and oxygen atoms in total. The van der Waals surface area contributed by atoms with Gasteiger partial charge < -0.3 is 20.7 Å². The first-order valence-corrected chi connectivity index (χ1v) is 11.3. The molecule has 0 saturated heterocycles. The minimum Gasteiger partial charge on any atom is -0.492 e. The molecule has 0 radical (unpaired) electrons. The average Bonchev–Trinajstić information content (AvgIpc) is 3.58. The second-order valence-electron chi connectivity index (χ2n) is 8.20. The highest BCUT2D eigenvalue weighted by atomic mass is 16.5. The summed E-state index contributed by atoms with van der Waals surface area (Å²) >= 11 is 0. The maximum atomic E-state index is 12.5. The van der Waals surface area contributed by atoms with Crippen molar-refractivity contribution in [1.29, 1.82) is 0 Å². The fourth-order valence-corrected chi connectivity index (χ4v) is 3.89. The highest BCUT2D eigenvalue weighted by Crippen LogP contribution is 2.36. The number of allylic oxidation sites excluding steroid dienone is 1. The molecule has 1 atom stereocenters. The maximum Gasteiger partial charge on any atom is 0.239 e. The topological polar surface area (TPSA) is 79.5 Å². The van der Waals surface area contributed by atoms with Gasteiger partial charge in [-0.2, -0.15) is 0 Å². The Hall–Kier alpha value is -2.34. The van der Waals surface area contributed by atoms with Gasteiger partial charge in [-0.15, -0.1) is 0 Å². The van der Waals surface area contributed by atoms with E-state index in [1.165, 1.54) is 12.8 Å². The number of hydrogen-bond donors (Lipinski definition) is 3. The number of benzene rings is 1. The van der Waals surface area contributed by atoms with E-state index < -0.39 is 0 Å². The van der Waals surface area contributed by atoms with Gasteiger partial charge in [-0.25, -0.2) is 0 Å². The molecular weight excluding hydrogens is 378 g/mol. The van der Waals surface area contributed by atoms with Gasteiger partial charge in [-0.05, 0) is 55.2 Å². The molecule has 1 aromatic carbocycles. The van der Waals surface area contributed by atoms with Crippen LogP contribution in [0.5, 0.6) is 5.75 Å². The summed E-state index contributed by atoms with van der Waals surface area (Å²) in [5, 5.41) is 9.32. The van der Waals surface area contributed by atoms with E-state index in [4.69, 9.17) is 4.74 Å². The summed E-state index contributed by atoms with van der Waals surface area (Å²) in [5.74, 6) is 1.26. The van der Waals surface area contributed by atoms with Gasteiger partial charge in [-0.1, -0.05) is 37.6 Å². The monoisotopic (exact) mass is 413 g/mol. The van der Waals surface area contributed by atoms with Crippen LogP contribution < -0.4 is 20.7 Å². The number of hydrogen-bond acceptors (Lipinski definition) is 4. The van der Waals surface area contributed by atoms with E-state index in [-0.39, 0.29) is 24.4 Å². The van der Waals surface area contributed by atoms with Crippen molar-refractivity contribution in [2.75, 3.05) is 26.2 Å². The van der Waals surface area contributed by atoms with Crippen LogP contribution in [-0.2, 0) is 16.0 Å². The van der Waals surface area contributed by atoms with Crippen LogP contribution in [0, 0.1) is 5.92 Å². The Morgan fingerprint density at radius 1 is 1.10 bits per heavy atom. The van der Waals surface area contributed by atoms with Crippen molar-refractivity contribution in [2.45, 2.75) is 57.9 Å². The Morgan fingerprint density at radius 3 is 2.73 bits per heavy atom. The molecule has 1 unspecified atom stereocenters. The number of fused-ring (bicyclic) bond motifs is 1. The van der Waals surface area contributed by atoms with Gasteiger partial charge in [0.2, 0.25) is 11.8 Å². The lowest BCUT2D eigenvalue weighted by atomic mass is 9.97. The lowest BCUT2D eigenvalue weighted by Crippen LogP contribution is -2.40. The second-order valence-corrected chi connectivity index (χ2v) is 8.20. The molecule has 1 aliphatic carbocycles. The zero-order valence-electron chi connectivity index (χ0n) is 18.0. The molecule has 1 fully saturated rings. The normalized spacial score (nSPS) is 23.6. The molecule has 1 heterocycles. The van der Waals surface area contributed by atoms with E-state index >= 15 is 0 Å². The van der Waals surface area contributed by atoms with Crippen LogP contribution in [0.2, 0.25) is 0 Å². The van der Waals surface area contributed by atoms with Crippen LogP contribution in [0.4, 0.5) is 0 Å². The second kappa shape index (κ2) is 11.7. The van der Waals surface area contributed by atoms with Crippen LogP contribution >= 0.6 is 0 Å². The number of amides is 2. The molecule has 2 aliphatic rings. The van der Waals surface area contributed by atoms with Gasteiger partial charge in [0, 0.05) is 25.6 Å². The molecule has 1 saturated carbocycles. The van der Waals surface area contributed by atoms with Crippen LogP contribution in [0.1, 0.15) is 51.0 Å². The molecule has 3 rings (SSSR count). The molecule has 30 heavy (non-hydrogen) atoms. The third-order valence-corrected chi connectivity index (χ3v) is 5.64. The SMILES string of the molecule is CCC/C=C1/CC(=O)NCC(=O)NCCCc2ccccc2OCCNC1C1CC1. The van der Waals surface area contributed by atoms with Crippen molar-refractivity contribution >= 4 is 11.8 Å². The minimum atomic E-state index is -0.145. The first-order chi connectivity index (χ1) is 14.7. The van der Waals surface area contributed by atoms with Crippen molar-refractivity contribution in [3.63, 3.8) is 0 Å². The highest BCUT2D eigenvalue weighted by Gasteiger charge is 2.33. The van der Waals surface area contributed by atoms with E-state index in [1.807, 2.05) is 18.2 Å². The van der Waals surface area contributed by atoms with Crippen molar-refractivity contribution in [3.8, 4) is 5.75 Å². The summed E-state index contributed by atoms with van der Waals surface area (Å²) in [6.45, 7) is 4.08. The quantitative estimate of drug-likeness (QED) is 0.666. The summed E-state index contributed by atoms with van der Waals surface area (Å²) in [4.78, 5) is 24.6. The molecule has 164 valence electrons. The first kappa shape index (κ1) is 22.3. The smallest absolute Gasteiger partial charge is 0.239 e. The number of nitrogens with one attached hydrogen (secondary N) is 3. The van der Waals surface area contributed by atoms with Crippen molar-refractivity contribution < 1.29 is 14.3 Å². The number of rotatable bonds is 3. The Bertz CT molecular complexity index is 743. The molecule has 0 bridgehead atoms. The number of para-hydroxylation sites is 1. The molecule has 0 aromatic heterocycles. The van der Waals surface area contributed by atoms with E-state index in [0.717, 1.165) is 49.1 Å². The standard InChI is InChI=1S/C24H35N3O3/c1-2-3-7-20-16-22(28)27-17-23(29)25-13-6-9-18-8-4-5-10-21(18)30-15-14-26-24(20)19-11-12-19/h4-5,7-8,10,19,24,26H,2-3,6,9,11-17H2,1H3,(H,25,29)(H,27,28)/b20-7-. The third kappa shape index (κ3) is 7.17. The molecule has 3 N–H and O–H groups in total. The Labute approximate surface area is 179 Å². The van der Waals surface area contributed by atoms with Crippen molar-refractivity contribution in [2.24, 2.45) is 5.92 Å². The van der Waals surface area contributed by atoms with Crippen LogP contribution in [0.25, 0.3) is 0 Å². The Kier molecular flexibility index (Phi) is 8.75. The number of unbranched alkanes of at least 4 members (excludes halogenated alkanes) is 1. The van der Waals surface area contributed by atoms with Gasteiger partial charge in [0.05, 0.1) is 6.54 Å². The average molecular weight is 414 g/mol. The summed E-state index contributed by atoms with van der Waals surface area (Å²) in [5.41, 5.74) is 2.30.